The third-order valence-corrected chi connectivity index (χ3v) is 5.94. The van der Waals surface area contributed by atoms with Crippen molar-refractivity contribution in [2.45, 2.75) is 96.8 Å². The lowest BCUT2D eigenvalue weighted by Crippen LogP contribution is -2.50. The molecule has 0 unspecified atom stereocenters. The van der Waals surface area contributed by atoms with Crippen LogP contribution in [-0.2, 0) is 9.59 Å². The van der Waals surface area contributed by atoms with E-state index in [1.165, 1.54) is 77.0 Å². The van der Waals surface area contributed by atoms with E-state index in [-0.39, 0.29) is 11.8 Å². The zero-order chi connectivity index (χ0) is 19.7. The van der Waals surface area contributed by atoms with Crippen LogP contribution in [0.4, 0.5) is 0 Å². The summed E-state index contributed by atoms with van der Waals surface area (Å²) in [6.45, 7) is 4.39. The third-order valence-electron chi connectivity index (χ3n) is 5.63. The van der Waals surface area contributed by atoms with Crippen molar-refractivity contribution in [2.24, 2.45) is 0 Å². The Labute approximate surface area is 172 Å². The van der Waals surface area contributed by atoms with E-state index in [4.69, 9.17) is 0 Å². The minimum absolute atomic E-state index is 0.117. The molecule has 1 aliphatic heterocycles. The van der Waals surface area contributed by atoms with Crippen molar-refractivity contribution in [1.82, 2.24) is 9.80 Å². The number of nitrogens with zero attached hydrogens (tertiary/aromatic N) is 2. The fraction of sp³-hybridized carbons (Fsp3) is 0.909. The Morgan fingerprint density at radius 1 is 0.630 bits per heavy atom. The quantitative estimate of drug-likeness (QED) is 0.309. The first-order valence-corrected chi connectivity index (χ1v) is 11.9. The van der Waals surface area contributed by atoms with Crippen molar-refractivity contribution >= 4 is 24.4 Å². The highest BCUT2D eigenvalue weighted by atomic mass is 32.1. The summed E-state index contributed by atoms with van der Waals surface area (Å²) >= 11 is 4.25. The van der Waals surface area contributed by atoms with Gasteiger partial charge in [-0.3, -0.25) is 9.59 Å². The molecule has 0 bridgehead atoms. The van der Waals surface area contributed by atoms with Crippen LogP contribution >= 0.6 is 12.6 Å². The van der Waals surface area contributed by atoms with Crippen LogP contribution < -0.4 is 0 Å². The Morgan fingerprint density at radius 2 is 1.00 bits per heavy atom. The molecule has 2 amide bonds. The first kappa shape index (κ1) is 24.3. The molecule has 5 heteroatoms. The largest absolute Gasteiger partial charge is 0.339 e. The topological polar surface area (TPSA) is 40.6 Å². The Morgan fingerprint density at radius 3 is 1.41 bits per heavy atom. The number of hydrogen-bond acceptors (Lipinski definition) is 3. The van der Waals surface area contributed by atoms with Crippen LogP contribution in [-0.4, -0.2) is 53.5 Å². The number of hydrogen-bond donors (Lipinski definition) is 1. The maximum atomic E-state index is 12.2. The summed E-state index contributed by atoms with van der Waals surface area (Å²) in [4.78, 5) is 27.3. The van der Waals surface area contributed by atoms with E-state index < -0.39 is 0 Å². The van der Waals surface area contributed by atoms with Crippen LogP contribution in [0.1, 0.15) is 96.8 Å². The van der Waals surface area contributed by atoms with E-state index in [0.29, 0.717) is 32.6 Å². The first-order valence-electron chi connectivity index (χ1n) is 11.3. The molecule has 4 nitrogen and oxygen atoms in total. The van der Waals surface area contributed by atoms with Crippen molar-refractivity contribution in [3.63, 3.8) is 0 Å². The highest BCUT2D eigenvalue weighted by molar-refractivity contribution is 7.80. The van der Waals surface area contributed by atoms with E-state index in [1.54, 1.807) is 6.92 Å². The summed E-state index contributed by atoms with van der Waals surface area (Å²) in [5, 5.41) is 0. The van der Waals surface area contributed by atoms with Crippen molar-refractivity contribution < 1.29 is 9.59 Å². The van der Waals surface area contributed by atoms with Crippen LogP contribution in [0.25, 0.3) is 0 Å². The van der Waals surface area contributed by atoms with E-state index in [1.807, 2.05) is 9.80 Å². The SMILES string of the molecule is CC(=O)N1CCN(C(=O)CCCCCCCCCCCCCCCS)CC1. The summed E-state index contributed by atoms with van der Waals surface area (Å²) in [7, 11) is 0. The molecular formula is C22H42N2O2S. The predicted octanol–water partition coefficient (Wildman–Crippen LogP) is 5.07. The van der Waals surface area contributed by atoms with Crippen LogP contribution in [0.5, 0.6) is 0 Å². The molecule has 0 aromatic heterocycles. The smallest absolute Gasteiger partial charge is 0.222 e. The minimum Gasteiger partial charge on any atom is -0.339 e. The van der Waals surface area contributed by atoms with Gasteiger partial charge in [0.25, 0.3) is 0 Å². The van der Waals surface area contributed by atoms with Gasteiger partial charge in [0.05, 0.1) is 0 Å². The molecule has 0 aromatic rings. The predicted molar refractivity (Wildman–Crippen MR) is 117 cm³/mol. The standard InChI is InChI=1S/C22H42N2O2S/c1-21(25)23-16-18-24(19-17-23)22(26)15-13-11-9-7-5-3-2-4-6-8-10-12-14-20-27/h27H,2-20H2,1H3. The average molecular weight is 399 g/mol. The minimum atomic E-state index is 0.117. The zero-order valence-corrected chi connectivity index (χ0v) is 18.5. The fourth-order valence-corrected chi connectivity index (χ4v) is 3.99. The van der Waals surface area contributed by atoms with Crippen LogP contribution in [0.15, 0.2) is 0 Å². The lowest BCUT2D eigenvalue weighted by atomic mass is 10.0. The average Bonchev–Trinajstić information content (AvgIpc) is 2.68. The molecule has 0 aliphatic carbocycles. The number of piperazine rings is 1. The summed E-state index contributed by atoms with van der Waals surface area (Å²) in [6.07, 6.45) is 17.7. The Kier molecular flexibility index (Phi) is 14.7. The van der Waals surface area contributed by atoms with Gasteiger partial charge in [0, 0.05) is 39.5 Å². The number of amides is 2. The van der Waals surface area contributed by atoms with E-state index in [9.17, 15) is 9.59 Å². The van der Waals surface area contributed by atoms with E-state index in [0.717, 1.165) is 12.2 Å². The summed E-state index contributed by atoms with van der Waals surface area (Å²) in [5.74, 6) is 1.42. The summed E-state index contributed by atoms with van der Waals surface area (Å²) in [6, 6.07) is 0. The molecule has 0 spiro atoms. The lowest BCUT2D eigenvalue weighted by molar-refractivity contribution is -0.138. The molecule has 0 N–H and O–H groups in total. The molecule has 1 aliphatic rings. The molecule has 27 heavy (non-hydrogen) atoms. The number of carbonyl (C=O) groups is 2. The number of rotatable bonds is 15. The monoisotopic (exact) mass is 398 g/mol. The van der Waals surface area contributed by atoms with Gasteiger partial charge < -0.3 is 9.80 Å². The molecule has 1 saturated heterocycles. The molecular weight excluding hydrogens is 356 g/mol. The van der Waals surface area contributed by atoms with Gasteiger partial charge in [0.2, 0.25) is 11.8 Å². The molecule has 158 valence electrons. The molecule has 0 atom stereocenters. The number of carbonyl (C=O) groups excluding carboxylic acids is 2. The fourth-order valence-electron chi connectivity index (χ4n) is 3.76. The lowest BCUT2D eigenvalue weighted by Gasteiger charge is -2.34. The highest BCUT2D eigenvalue weighted by Crippen LogP contribution is 2.14. The van der Waals surface area contributed by atoms with Gasteiger partial charge in [-0.2, -0.15) is 12.6 Å². The van der Waals surface area contributed by atoms with Crippen molar-refractivity contribution in [3.05, 3.63) is 0 Å². The van der Waals surface area contributed by atoms with Gasteiger partial charge >= 0.3 is 0 Å². The molecule has 0 aromatic carbocycles. The van der Waals surface area contributed by atoms with Crippen molar-refractivity contribution in [1.29, 1.82) is 0 Å². The maximum Gasteiger partial charge on any atom is 0.222 e. The Bertz CT molecular complexity index is 396. The molecule has 0 saturated carbocycles. The van der Waals surface area contributed by atoms with Crippen LogP contribution in [0.3, 0.4) is 0 Å². The van der Waals surface area contributed by atoms with Crippen molar-refractivity contribution in [2.75, 3.05) is 31.9 Å². The Balaban J connectivity index is 1.84. The maximum absolute atomic E-state index is 12.2. The van der Waals surface area contributed by atoms with Gasteiger partial charge in [-0.15, -0.1) is 0 Å². The van der Waals surface area contributed by atoms with Gasteiger partial charge in [-0.05, 0) is 18.6 Å². The molecule has 1 fully saturated rings. The van der Waals surface area contributed by atoms with E-state index in [2.05, 4.69) is 12.6 Å². The number of unbranched alkanes of at least 4 members (excludes halogenated alkanes) is 12. The third kappa shape index (κ3) is 12.4. The van der Waals surface area contributed by atoms with Crippen LogP contribution in [0, 0.1) is 0 Å². The summed E-state index contributed by atoms with van der Waals surface area (Å²) in [5.41, 5.74) is 0. The Hall–Kier alpha value is -0.710. The molecule has 0 radical (unpaired) electrons. The summed E-state index contributed by atoms with van der Waals surface area (Å²) < 4.78 is 0. The van der Waals surface area contributed by atoms with E-state index >= 15 is 0 Å². The van der Waals surface area contributed by atoms with Crippen molar-refractivity contribution in [3.8, 4) is 0 Å². The number of thiol groups is 1. The van der Waals surface area contributed by atoms with Gasteiger partial charge in [0.15, 0.2) is 0 Å². The zero-order valence-electron chi connectivity index (χ0n) is 17.6. The molecule has 1 rings (SSSR count). The second-order valence-corrected chi connectivity index (χ2v) is 8.40. The molecule has 1 heterocycles. The van der Waals surface area contributed by atoms with Gasteiger partial charge in [-0.1, -0.05) is 70.6 Å². The first-order chi connectivity index (χ1) is 13.1. The van der Waals surface area contributed by atoms with Gasteiger partial charge in [0.1, 0.15) is 0 Å². The second-order valence-electron chi connectivity index (χ2n) is 7.96. The second kappa shape index (κ2) is 16.3. The van der Waals surface area contributed by atoms with Gasteiger partial charge in [-0.25, -0.2) is 0 Å². The van der Waals surface area contributed by atoms with Crippen LogP contribution in [0.2, 0.25) is 0 Å². The normalized spacial score (nSPS) is 14.6. The highest BCUT2D eigenvalue weighted by Gasteiger charge is 2.21.